The lowest BCUT2D eigenvalue weighted by Gasteiger charge is -2.19. The van der Waals surface area contributed by atoms with Gasteiger partial charge in [-0.15, -0.1) is 0 Å². The topological polar surface area (TPSA) is 24.9 Å². The van der Waals surface area contributed by atoms with Gasteiger partial charge in [-0.05, 0) is 55.3 Å². The van der Waals surface area contributed by atoms with Gasteiger partial charge in [0.15, 0.2) is 0 Å². The van der Waals surface area contributed by atoms with Crippen LogP contribution in [0.2, 0.25) is 0 Å². The molecule has 2 nitrogen and oxygen atoms in total. The van der Waals surface area contributed by atoms with Crippen LogP contribution in [0, 0.1) is 18.6 Å². The molecule has 1 atom stereocenters. The van der Waals surface area contributed by atoms with E-state index in [4.69, 9.17) is 0 Å². The molecule has 1 aromatic heterocycles. The molecule has 0 spiro atoms. The van der Waals surface area contributed by atoms with Crippen LogP contribution in [0.4, 0.5) is 8.78 Å². The van der Waals surface area contributed by atoms with Gasteiger partial charge in [-0.25, -0.2) is 8.78 Å². The fraction of sp³-hybridized carbons (Fsp3) is 0.312. The van der Waals surface area contributed by atoms with Crippen molar-refractivity contribution in [3.8, 4) is 0 Å². The summed E-state index contributed by atoms with van der Waals surface area (Å²) in [6, 6.07) is 7.66. The van der Waals surface area contributed by atoms with E-state index in [2.05, 4.69) is 17.2 Å². The first-order chi connectivity index (χ1) is 9.60. The predicted molar refractivity (Wildman–Crippen MR) is 75.5 cm³/mol. The Morgan fingerprint density at radius 2 is 1.95 bits per heavy atom. The molecule has 0 aliphatic rings. The maximum atomic E-state index is 13.6. The fourth-order valence-electron chi connectivity index (χ4n) is 2.17. The Kier molecular flexibility index (Phi) is 4.79. The number of nitrogens with zero attached hydrogens (tertiary/aromatic N) is 1. The van der Waals surface area contributed by atoms with Crippen LogP contribution in [0.15, 0.2) is 36.5 Å². The Bertz CT molecular complexity index is 547. The number of benzene rings is 1. The van der Waals surface area contributed by atoms with E-state index in [1.807, 2.05) is 13.0 Å². The maximum absolute atomic E-state index is 13.6. The molecule has 0 radical (unpaired) electrons. The number of hydrogen-bond donors (Lipinski definition) is 1. The summed E-state index contributed by atoms with van der Waals surface area (Å²) in [6.45, 7) is 4.68. The lowest BCUT2D eigenvalue weighted by molar-refractivity contribution is 0.568. The first-order valence-electron chi connectivity index (χ1n) is 6.72. The van der Waals surface area contributed by atoms with Crippen molar-refractivity contribution in [1.82, 2.24) is 10.3 Å². The van der Waals surface area contributed by atoms with E-state index in [0.29, 0.717) is 5.69 Å². The second kappa shape index (κ2) is 6.57. The normalized spacial score (nSPS) is 12.4. The van der Waals surface area contributed by atoms with Crippen molar-refractivity contribution in [1.29, 1.82) is 0 Å². The maximum Gasteiger partial charge on any atom is 0.141 e. The van der Waals surface area contributed by atoms with E-state index in [1.165, 1.54) is 24.4 Å². The fourth-order valence-corrected chi connectivity index (χ4v) is 2.17. The summed E-state index contributed by atoms with van der Waals surface area (Å²) in [5, 5.41) is 3.32. The van der Waals surface area contributed by atoms with Crippen LogP contribution in [-0.2, 0) is 0 Å². The first kappa shape index (κ1) is 14.6. The lowest BCUT2D eigenvalue weighted by Crippen LogP contribution is -2.24. The average Bonchev–Trinajstić information content (AvgIpc) is 2.40. The van der Waals surface area contributed by atoms with Crippen molar-refractivity contribution in [3.05, 3.63) is 65.0 Å². The molecule has 106 valence electrons. The van der Waals surface area contributed by atoms with Crippen molar-refractivity contribution in [2.75, 3.05) is 6.54 Å². The number of rotatable bonds is 5. The third-order valence-electron chi connectivity index (χ3n) is 3.04. The van der Waals surface area contributed by atoms with Crippen LogP contribution in [0.25, 0.3) is 0 Å². The molecule has 0 aliphatic heterocycles. The van der Waals surface area contributed by atoms with Crippen LogP contribution in [0.1, 0.15) is 36.2 Å². The second-order valence-corrected chi connectivity index (χ2v) is 4.85. The minimum Gasteiger partial charge on any atom is -0.305 e. The van der Waals surface area contributed by atoms with Crippen molar-refractivity contribution < 1.29 is 8.78 Å². The zero-order chi connectivity index (χ0) is 14.5. The van der Waals surface area contributed by atoms with Crippen LogP contribution in [0.3, 0.4) is 0 Å². The number of pyridine rings is 1. The summed E-state index contributed by atoms with van der Waals surface area (Å²) < 4.78 is 26.6. The van der Waals surface area contributed by atoms with Gasteiger partial charge < -0.3 is 5.32 Å². The van der Waals surface area contributed by atoms with Gasteiger partial charge in [-0.2, -0.15) is 0 Å². The first-order valence-corrected chi connectivity index (χ1v) is 6.72. The van der Waals surface area contributed by atoms with Gasteiger partial charge in [0.25, 0.3) is 0 Å². The molecule has 0 bridgehead atoms. The Morgan fingerprint density at radius 1 is 1.15 bits per heavy atom. The molecule has 1 heterocycles. The van der Waals surface area contributed by atoms with E-state index in [0.717, 1.165) is 24.1 Å². The van der Waals surface area contributed by atoms with Crippen LogP contribution in [-0.4, -0.2) is 11.5 Å². The number of aromatic nitrogens is 1. The summed E-state index contributed by atoms with van der Waals surface area (Å²) in [5.74, 6) is -0.649. The quantitative estimate of drug-likeness (QED) is 0.899. The highest BCUT2D eigenvalue weighted by Crippen LogP contribution is 2.22. The van der Waals surface area contributed by atoms with E-state index in [1.54, 1.807) is 6.07 Å². The monoisotopic (exact) mass is 276 g/mol. The zero-order valence-corrected chi connectivity index (χ0v) is 11.7. The van der Waals surface area contributed by atoms with Crippen molar-refractivity contribution in [3.63, 3.8) is 0 Å². The Balaban J connectivity index is 2.38. The van der Waals surface area contributed by atoms with E-state index >= 15 is 0 Å². The largest absolute Gasteiger partial charge is 0.305 e. The Hall–Kier alpha value is -1.81. The molecular formula is C16H18F2N2. The molecule has 2 aromatic rings. The molecule has 2 rings (SSSR count). The van der Waals surface area contributed by atoms with E-state index in [-0.39, 0.29) is 17.7 Å². The highest BCUT2D eigenvalue weighted by Gasteiger charge is 2.16. The number of hydrogen-bond acceptors (Lipinski definition) is 2. The summed E-state index contributed by atoms with van der Waals surface area (Å²) in [7, 11) is 0. The van der Waals surface area contributed by atoms with E-state index < -0.39 is 0 Å². The molecule has 0 fully saturated rings. The zero-order valence-electron chi connectivity index (χ0n) is 11.7. The minimum absolute atomic E-state index is 0.232. The summed E-state index contributed by atoms with van der Waals surface area (Å²) in [5.41, 5.74) is 2.34. The van der Waals surface area contributed by atoms with Gasteiger partial charge in [-0.3, -0.25) is 4.98 Å². The van der Waals surface area contributed by atoms with Gasteiger partial charge in [0, 0.05) is 0 Å². The van der Waals surface area contributed by atoms with Crippen molar-refractivity contribution >= 4 is 0 Å². The lowest BCUT2D eigenvalue weighted by atomic mass is 10.0. The molecule has 0 saturated heterocycles. The SMILES string of the molecule is CCCNC(c1cc(C)cc(F)c1)c1ccc(F)cn1. The van der Waals surface area contributed by atoms with Gasteiger partial charge in [0.05, 0.1) is 17.9 Å². The smallest absolute Gasteiger partial charge is 0.141 e. The molecule has 0 saturated carbocycles. The third kappa shape index (κ3) is 3.61. The summed E-state index contributed by atoms with van der Waals surface area (Å²) >= 11 is 0. The molecule has 1 N–H and O–H groups in total. The van der Waals surface area contributed by atoms with Crippen LogP contribution >= 0.6 is 0 Å². The number of halogens is 2. The molecule has 20 heavy (non-hydrogen) atoms. The molecule has 0 amide bonds. The van der Waals surface area contributed by atoms with Gasteiger partial charge in [-0.1, -0.05) is 13.0 Å². The molecule has 0 aliphatic carbocycles. The number of nitrogens with one attached hydrogen (secondary N) is 1. The average molecular weight is 276 g/mol. The molecule has 4 heteroatoms. The number of aryl methyl sites for hydroxylation is 1. The predicted octanol–water partition coefficient (Wildman–Crippen LogP) is 3.76. The standard InChI is InChI=1S/C16H18F2N2/c1-3-6-19-16(15-5-4-13(17)10-20-15)12-7-11(2)8-14(18)9-12/h4-5,7-10,16,19H,3,6H2,1-2H3. The highest BCUT2D eigenvalue weighted by molar-refractivity contribution is 5.31. The Morgan fingerprint density at radius 3 is 2.55 bits per heavy atom. The summed E-state index contributed by atoms with van der Waals surface area (Å²) in [6.07, 6.45) is 2.13. The van der Waals surface area contributed by atoms with Gasteiger partial charge >= 0.3 is 0 Å². The van der Waals surface area contributed by atoms with Gasteiger partial charge in [0.2, 0.25) is 0 Å². The van der Waals surface area contributed by atoms with E-state index in [9.17, 15) is 8.78 Å². The van der Waals surface area contributed by atoms with Crippen molar-refractivity contribution in [2.24, 2.45) is 0 Å². The molecule has 1 unspecified atom stereocenters. The van der Waals surface area contributed by atoms with Crippen LogP contribution in [0.5, 0.6) is 0 Å². The third-order valence-corrected chi connectivity index (χ3v) is 3.04. The van der Waals surface area contributed by atoms with Gasteiger partial charge in [0.1, 0.15) is 11.6 Å². The van der Waals surface area contributed by atoms with Crippen molar-refractivity contribution in [2.45, 2.75) is 26.3 Å². The Labute approximate surface area is 117 Å². The highest BCUT2D eigenvalue weighted by atomic mass is 19.1. The summed E-state index contributed by atoms with van der Waals surface area (Å²) in [4.78, 5) is 4.11. The minimum atomic E-state index is -0.376. The second-order valence-electron chi connectivity index (χ2n) is 4.85. The molecular weight excluding hydrogens is 258 g/mol. The molecule has 1 aromatic carbocycles. The van der Waals surface area contributed by atoms with Crippen LogP contribution < -0.4 is 5.32 Å².